The van der Waals surface area contributed by atoms with Gasteiger partial charge in [0.25, 0.3) is 0 Å². The number of nitrogens with zero attached hydrogens (tertiary/aromatic N) is 1. The van der Waals surface area contributed by atoms with Crippen LogP contribution in [-0.4, -0.2) is 37.2 Å². The van der Waals surface area contributed by atoms with Gasteiger partial charge in [-0.1, -0.05) is 42.5 Å². The molecule has 2 aromatic carbocycles. The van der Waals surface area contributed by atoms with Crippen molar-refractivity contribution in [1.29, 1.82) is 0 Å². The second-order valence-electron chi connectivity index (χ2n) is 6.51. The fraction of sp³-hybridized carbons (Fsp3) is 0.400. The normalized spacial score (nSPS) is 24.3. The van der Waals surface area contributed by atoms with Gasteiger partial charge in [0.15, 0.2) is 11.5 Å². The minimum absolute atomic E-state index is 0.124. The van der Waals surface area contributed by atoms with Gasteiger partial charge in [0.2, 0.25) is 0 Å². The van der Waals surface area contributed by atoms with Crippen molar-refractivity contribution in [3.05, 3.63) is 60.2 Å². The highest BCUT2D eigenvalue weighted by atomic mass is 16.6. The van der Waals surface area contributed by atoms with Crippen LogP contribution in [0.15, 0.2) is 54.6 Å². The molecule has 0 amide bonds. The van der Waals surface area contributed by atoms with Crippen LogP contribution in [0.1, 0.15) is 24.3 Å². The summed E-state index contributed by atoms with van der Waals surface area (Å²) in [5, 5.41) is 0. The van der Waals surface area contributed by atoms with Crippen molar-refractivity contribution >= 4 is 0 Å². The Balaban J connectivity index is 1.38. The summed E-state index contributed by atoms with van der Waals surface area (Å²) in [5.41, 5.74) is 1.46. The molecule has 0 aromatic heterocycles. The molecule has 0 radical (unpaired) electrons. The van der Waals surface area contributed by atoms with E-state index in [0.717, 1.165) is 31.1 Å². The van der Waals surface area contributed by atoms with Crippen LogP contribution in [0.4, 0.5) is 0 Å². The standard InChI is InChI=1S/C20H23NO2/c1-2-7-16(8-3-1)17-9-6-12-21(13-17)14-18-15-22-19-10-4-5-11-20(19)23-18/h1-5,7-8,10-11,17-18H,6,9,12-15H2. The van der Waals surface area contributed by atoms with E-state index in [-0.39, 0.29) is 6.10 Å². The lowest BCUT2D eigenvalue weighted by Crippen LogP contribution is -2.44. The van der Waals surface area contributed by atoms with Gasteiger partial charge in [-0.2, -0.15) is 0 Å². The molecular formula is C20H23NO2. The molecule has 0 spiro atoms. The number of fused-ring (bicyclic) bond motifs is 1. The molecule has 2 unspecified atom stereocenters. The molecule has 1 fully saturated rings. The Kier molecular flexibility index (Phi) is 4.20. The highest BCUT2D eigenvalue weighted by Gasteiger charge is 2.27. The first kappa shape index (κ1) is 14.6. The Bertz CT molecular complexity index is 643. The number of ether oxygens (including phenoxy) is 2. The Morgan fingerprint density at radius 2 is 1.74 bits per heavy atom. The second-order valence-corrected chi connectivity index (χ2v) is 6.51. The fourth-order valence-corrected chi connectivity index (χ4v) is 3.66. The summed E-state index contributed by atoms with van der Waals surface area (Å²) in [4.78, 5) is 2.53. The summed E-state index contributed by atoms with van der Waals surface area (Å²) in [6.07, 6.45) is 2.66. The van der Waals surface area contributed by atoms with Gasteiger partial charge in [-0.3, -0.25) is 4.90 Å². The Morgan fingerprint density at radius 1 is 0.957 bits per heavy atom. The van der Waals surface area contributed by atoms with Crippen molar-refractivity contribution in [1.82, 2.24) is 4.90 Å². The Hall–Kier alpha value is -2.00. The molecule has 0 bridgehead atoms. The average Bonchev–Trinajstić information content (AvgIpc) is 2.63. The monoisotopic (exact) mass is 309 g/mol. The van der Waals surface area contributed by atoms with Gasteiger partial charge in [0.05, 0.1) is 0 Å². The first-order valence-corrected chi connectivity index (χ1v) is 8.54. The van der Waals surface area contributed by atoms with Crippen LogP contribution in [-0.2, 0) is 0 Å². The first-order valence-electron chi connectivity index (χ1n) is 8.54. The third-order valence-corrected chi connectivity index (χ3v) is 4.81. The van der Waals surface area contributed by atoms with Crippen LogP contribution in [0.25, 0.3) is 0 Å². The lowest BCUT2D eigenvalue weighted by molar-refractivity contribution is 0.0505. The van der Waals surface area contributed by atoms with E-state index < -0.39 is 0 Å². The number of likely N-dealkylation sites (tertiary alicyclic amines) is 1. The lowest BCUT2D eigenvalue weighted by Gasteiger charge is -2.36. The molecule has 2 heterocycles. The molecule has 120 valence electrons. The van der Waals surface area contributed by atoms with E-state index in [1.807, 2.05) is 24.3 Å². The van der Waals surface area contributed by atoms with Gasteiger partial charge in [0, 0.05) is 13.1 Å². The molecule has 0 aliphatic carbocycles. The number of hydrogen-bond acceptors (Lipinski definition) is 3. The minimum Gasteiger partial charge on any atom is -0.486 e. The maximum absolute atomic E-state index is 6.11. The lowest BCUT2D eigenvalue weighted by atomic mass is 9.90. The number of piperidine rings is 1. The fourth-order valence-electron chi connectivity index (χ4n) is 3.66. The average molecular weight is 309 g/mol. The minimum atomic E-state index is 0.124. The molecular weight excluding hydrogens is 286 g/mol. The summed E-state index contributed by atoms with van der Waals surface area (Å²) in [5.74, 6) is 2.38. The van der Waals surface area contributed by atoms with E-state index in [0.29, 0.717) is 12.5 Å². The van der Waals surface area contributed by atoms with E-state index in [9.17, 15) is 0 Å². The van der Waals surface area contributed by atoms with Crippen LogP contribution in [0.5, 0.6) is 11.5 Å². The smallest absolute Gasteiger partial charge is 0.161 e. The van der Waals surface area contributed by atoms with Gasteiger partial charge in [-0.15, -0.1) is 0 Å². The molecule has 2 aliphatic rings. The van der Waals surface area contributed by atoms with E-state index >= 15 is 0 Å². The Labute approximate surface area is 137 Å². The van der Waals surface area contributed by atoms with Crippen LogP contribution in [0.2, 0.25) is 0 Å². The SMILES string of the molecule is c1ccc(C2CCCN(CC3COc4ccccc4O3)C2)cc1. The molecule has 2 aromatic rings. The number of para-hydroxylation sites is 2. The summed E-state index contributed by atoms with van der Waals surface area (Å²) < 4.78 is 11.9. The predicted octanol–water partition coefficient (Wildman–Crippen LogP) is 3.71. The van der Waals surface area contributed by atoms with Gasteiger partial charge in [-0.25, -0.2) is 0 Å². The highest BCUT2D eigenvalue weighted by Crippen LogP contribution is 2.32. The quantitative estimate of drug-likeness (QED) is 0.863. The van der Waals surface area contributed by atoms with Crippen LogP contribution in [0, 0.1) is 0 Å². The first-order chi connectivity index (χ1) is 11.4. The topological polar surface area (TPSA) is 21.7 Å². The van der Waals surface area contributed by atoms with Crippen LogP contribution >= 0.6 is 0 Å². The summed E-state index contributed by atoms with van der Waals surface area (Å²) >= 11 is 0. The van der Waals surface area contributed by atoms with E-state index in [4.69, 9.17) is 9.47 Å². The van der Waals surface area contributed by atoms with Gasteiger partial charge < -0.3 is 9.47 Å². The van der Waals surface area contributed by atoms with Crippen LogP contribution in [0.3, 0.4) is 0 Å². The second kappa shape index (κ2) is 6.63. The van der Waals surface area contributed by atoms with E-state index in [1.165, 1.54) is 18.4 Å². The summed E-state index contributed by atoms with van der Waals surface area (Å²) in [6, 6.07) is 18.8. The zero-order valence-electron chi connectivity index (χ0n) is 13.4. The van der Waals surface area contributed by atoms with Gasteiger partial charge in [-0.05, 0) is 43.0 Å². The van der Waals surface area contributed by atoms with Crippen LogP contribution < -0.4 is 9.47 Å². The molecule has 3 nitrogen and oxygen atoms in total. The van der Waals surface area contributed by atoms with Crippen molar-refractivity contribution in [3.63, 3.8) is 0 Å². The third kappa shape index (κ3) is 3.35. The zero-order valence-corrected chi connectivity index (χ0v) is 13.4. The molecule has 1 saturated heterocycles. The number of benzene rings is 2. The van der Waals surface area contributed by atoms with Crippen molar-refractivity contribution in [2.45, 2.75) is 24.9 Å². The third-order valence-electron chi connectivity index (χ3n) is 4.81. The predicted molar refractivity (Wildman–Crippen MR) is 91.2 cm³/mol. The largest absolute Gasteiger partial charge is 0.486 e. The molecule has 23 heavy (non-hydrogen) atoms. The number of hydrogen-bond donors (Lipinski definition) is 0. The summed E-state index contributed by atoms with van der Waals surface area (Å²) in [6.45, 7) is 3.86. The molecule has 3 heteroatoms. The maximum Gasteiger partial charge on any atom is 0.161 e. The van der Waals surface area contributed by atoms with Gasteiger partial charge in [0.1, 0.15) is 12.7 Å². The maximum atomic E-state index is 6.11. The zero-order chi connectivity index (χ0) is 15.5. The van der Waals surface area contributed by atoms with Crippen molar-refractivity contribution in [3.8, 4) is 11.5 Å². The molecule has 0 saturated carbocycles. The summed E-state index contributed by atoms with van der Waals surface area (Å²) in [7, 11) is 0. The molecule has 4 rings (SSSR count). The van der Waals surface area contributed by atoms with E-state index in [2.05, 4.69) is 35.2 Å². The van der Waals surface area contributed by atoms with E-state index in [1.54, 1.807) is 0 Å². The molecule has 0 N–H and O–H groups in total. The Morgan fingerprint density at radius 3 is 2.61 bits per heavy atom. The number of rotatable bonds is 3. The van der Waals surface area contributed by atoms with Gasteiger partial charge >= 0.3 is 0 Å². The van der Waals surface area contributed by atoms with Crippen molar-refractivity contribution < 1.29 is 9.47 Å². The highest BCUT2D eigenvalue weighted by molar-refractivity contribution is 5.40. The van der Waals surface area contributed by atoms with Crippen molar-refractivity contribution in [2.24, 2.45) is 0 Å². The molecule has 2 aliphatic heterocycles. The van der Waals surface area contributed by atoms with Crippen molar-refractivity contribution in [2.75, 3.05) is 26.2 Å². The molecule has 2 atom stereocenters.